The Balaban J connectivity index is -0.000000298. The molecule has 0 aliphatic rings. The number of guanidine groups is 1. The standard InChI is InChI=1S/C6H14N4O2.2CH4O3S/c7-4(5(11)12)2-1-3-10-6(8)9;2*1-5(2,3)4/h4H,1-3,7H2,(H,11,12)(H4,8,9,10);2*1H3,(H,2,3,4). The minimum absolute atomic E-state index is 0.112. The lowest BCUT2D eigenvalue weighted by Crippen LogP contribution is -2.34. The summed E-state index contributed by atoms with van der Waals surface area (Å²) in [5, 5.41) is 17.7. The van der Waals surface area contributed by atoms with Crippen LogP contribution in [-0.2, 0) is 25.0 Å². The van der Waals surface area contributed by atoms with Crippen molar-refractivity contribution in [1.29, 1.82) is 5.41 Å². The van der Waals surface area contributed by atoms with Gasteiger partial charge in [0.2, 0.25) is 0 Å². The van der Waals surface area contributed by atoms with E-state index in [1.54, 1.807) is 0 Å². The zero-order valence-corrected chi connectivity index (χ0v) is 13.7. The van der Waals surface area contributed by atoms with E-state index in [9.17, 15) is 21.6 Å². The molecule has 0 rings (SSSR count). The Bertz CT molecular complexity index is 484. The van der Waals surface area contributed by atoms with Gasteiger partial charge < -0.3 is 21.9 Å². The molecular weight excluding hydrogens is 344 g/mol. The molecule has 0 spiro atoms. The summed E-state index contributed by atoms with van der Waals surface area (Å²) in [6.07, 6.45) is 2.41. The van der Waals surface area contributed by atoms with Crippen LogP contribution in [0.5, 0.6) is 0 Å². The van der Waals surface area contributed by atoms with Gasteiger partial charge in [0.25, 0.3) is 20.2 Å². The first kappa shape index (κ1) is 25.5. The number of carbonyl (C=O) groups is 1. The highest BCUT2D eigenvalue weighted by Gasteiger charge is 2.09. The molecule has 0 aromatic carbocycles. The van der Waals surface area contributed by atoms with Gasteiger partial charge in [0.05, 0.1) is 12.5 Å². The molecule has 0 radical (unpaired) electrons. The maximum Gasteiger partial charge on any atom is 0.320 e. The van der Waals surface area contributed by atoms with E-state index in [-0.39, 0.29) is 5.96 Å². The average Bonchev–Trinajstić information content (AvgIpc) is 2.18. The monoisotopic (exact) mass is 366 g/mol. The largest absolute Gasteiger partial charge is 0.480 e. The summed E-state index contributed by atoms with van der Waals surface area (Å²) in [6.45, 7) is 0.482. The van der Waals surface area contributed by atoms with Crippen molar-refractivity contribution in [3.63, 3.8) is 0 Å². The second kappa shape index (κ2) is 12.1. The lowest BCUT2D eigenvalue weighted by molar-refractivity contribution is -0.138. The van der Waals surface area contributed by atoms with E-state index in [4.69, 9.17) is 31.1 Å². The van der Waals surface area contributed by atoms with Crippen LogP contribution >= 0.6 is 0 Å². The number of aliphatic carboxylic acids is 1. The van der Waals surface area contributed by atoms with Gasteiger partial charge in [-0.25, -0.2) is 0 Å². The molecule has 0 saturated heterocycles. The van der Waals surface area contributed by atoms with Crippen LogP contribution in [0.1, 0.15) is 12.8 Å². The van der Waals surface area contributed by atoms with E-state index in [2.05, 4.69) is 5.32 Å². The normalized spacial score (nSPS) is 11.9. The van der Waals surface area contributed by atoms with Gasteiger partial charge in [-0.3, -0.25) is 19.3 Å². The molecule has 9 N–H and O–H groups in total. The summed E-state index contributed by atoms with van der Waals surface area (Å²) in [5.74, 6) is -1.11. The van der Waals surface area contributed by atoms with Crippen molar-refractivity contribution in [2.45, 2.75) is 18.9 Å². The van der Waals surface area contributed by atoms with Gasteiger partial charge in [-0.05, 0) is 12.8 Å². The fraction of sp³-hybridized carbons (Fsp3) is 0.750. The predicted molar refractivity (Wildman–Crippen MR) is 79.7 cm³/mol. The van der Waals surface area contributed by atoms with Crippen molar-refractivity contribution in [3.05, 3.63) is 0 Å². The molecule has 14 heteroatoms. The Morgan fingerprint density at radius 2 is 1.50 bits per heavy atom. The van der Waals surface area contributed by atoms with Crippen LogP contribution in [0.25, 0.3) is 0 Å². The molecule has 22 heavy (non-hydrogen) atoms. The highest BCUT2D eigenvalue weighted by atomic mass is 32.2. The van der Waals surface area contributed by atoms with Crippen molar-refractivity contribution < 1.29 is 35.8 Å². The van der Waals surface area contributed by atoms with Gasteiger partial charge in [0.15, 0.2) is 5.96 Å². The SMILES string of the molecule is CS(=O)(=O)O.CS(=O)(=O)O.N=C(N)NCCCC(N)C(=O)O. The van der Waals surface area contributed by atoms with Crippen LogP contribution in [0.3, 0.4) is 0 Å². The Morgan fingerprint density at radius 1 is 1.18 bits per heavy atom. The number of rotatable bonds is 5. The number of hydrogen-bond donors (Lipinski definition) is 7. The Kier molecular flexibility index (Phi) is 14.0. The van der Waals surface area contributed by atoms with Crippen molar-refractivity contribution >= 4 is 32.2 Å². The van der Waals surface area contributed by atoms with Crippen molar-refractivity contribution in [1.82, 2.24) is 5.32 Å². The van der Waals surface area contributed by atoms with Gasteiger partial charge in [-0.15, -0.1) is 0 Å². The molecule has 0 saturated carbocycles. The molecule has 0 aromatic heterocycles. The molecular formula is C8H22N4O8S2. The van der Waals surface area contributed by atoms with E-state index >= 15 is 0 Å². The molecule has 1 atom stereocenters. The van der Waals surface area contributed by atoms with Gasteiger partial charge in [0, 0.05) is 6.54 Å². The Hall–Kier alpha value is -1.48. The first-order valence-corrected chi connectivity index (χ1v) is 9.15. The zero-order valence-electron chi connectivity index (χ0n) is 12.1. The average molecular weight is 366 g/mol. The molecule has 12 nitrogen and oxygen atoms in total. The molecule has 0 amide bonds. The van der Waals surface area contributed by atoms with Crippen molar-refractivity contribution in [2.75, 3.05) is 19.1 Å². The summed E-state index contributed by atoms with van der Waals surface area (Å²) in [4.78, 5) is 10.2. The second-order valence-corrected chi connectivity index (χ2v) is 6.83. The topological polar surface area (TPSA) is 234 Å². The maximum atomic E-state index is 10.2. The van der Waals surface area contributed by atoms with Gasteiger partial charge in [-0.1, -0.05) is 0 Å². The third kappa shape index (κ3) is 62.7. The quantitative estimate of drug-likeness (QED) is 0.118. The van der Waals surface area contributed by atoms with Gasteiger partial charge >= 0.3 is 5.97 Å². The molecule has 0 heterocycles. The smallest absolute Gasteiger partial charge is 0.320 e. The number of nitrogens with two attached hydrogens (primary N) is 2. The summed E-state index contributed by atoms with van der Waals surface area (Å²) in [5.41, 5.74) is 10.2. The van der Waals surface area contributed by atoms with Crippen LogP contribution in [-0.4, -0.2) is 68.1 Å². The van der Waals surface area contributed by atoms with Crippen LogP contribution < -0.4 is 16.8 Å². The van der Waals surface area contributed by atoms with Crippen molar-refractivity contribution in [3.8, 4) is 0 Å². The van der Waals surface area contributed by atoms with Gasteiger partial charge in [0.1, 0.15) is 6.04 Å². The lowest BCUT2D eigenvalue weighted by Gasteiger charge is -2.06. The third-order valence-corrected chi connectivity index (χ3v) is 1.32. The third-order valence-electron chi connectivity index (χ3n) is 1.32. The highest BCUT2D eigenvalue weighted by molar-refractivity contribution is 7.85. The number of carboxylic acids is 1. The summed E-state index contributed by atoms with van der Waals surface area (Å²) < 4.78 is 51.7. The molecule has 0 fully saturated rings. The molecule has 0 aliphatic heterocycles. The fourth-order valence-electron chi connectivity index (χ4n) is 0.669. The minimum Gasteiger partial charge on any atom is -0.480 e. The fourth-order valence-corrected chi connectivity index (χ4v) is 0.669. The van der Waals surface area contributed by atoms with Crippen molar-refractivity contribution in [2.24, 2.45) is 11.5 Å². The molecule has 0 aromatic rings. The summed E-state index contributed by atoms with van der Waals surface area (Å²) in [7, 11) is -7.33. The van der Waals surface area contributed by atoms with E-state index in [0.29, 0.717) is 31.9 Å². The first-order chi connectivity index (χ1) is 9.54. The Morgan fingerprint density at radius 3 is 1.73 bits per heavy atom. The number of hydrogen-bond acceptors (Lipinski definition) is 7. The molecule has 1 unspecified atom stereocenters. The van der Waals surface area contributed by atoms with Crippen LogP contribution in [0.15, 0.2) is 0 Å². The summed E-state index contributed by atoms with van der Waals surface area (Å²) in [6, 6.07) is -0.821. The van der Waals surface area contributed by atoms with Crippen LogP contribution in [0, 0.1) is 5.41 Å². The van der Waals surface area contributed by atoms with E-state index < -0.39 is 32.2 Å². The highest BCUT2D eigenvalue weighted by Crippen LogP contribution is 1.92. The number of carboxylic acid groups (broad SMARTS) is 1. The molecule has 0 aliphatic carbocycles. The number of nitrogens with one attached hydrogen (secondary N) is 2. The van der Waals surface area contributed by atoms with Crippen LogP contribution in [0.2, 0.25) is 0 Å². The first-order valence-electron chi connectivity index (χ1n) is 5.45. The lowest BCUT2D eigenvalue weighted by atomic mass is 10.2. The van der Waals surface area contributed by atoms with E-state index in [0.717, 1.165) is 0 Å². The predicted octanol–water partition coefficient (Wildman–Crippen LogP) is -2.33. The minimum atomic E-state index is -3.67. The van der Waals surface area contributed by atoms with E-state index in [1.807, 2.05) is 0 Å². The van der Waals surface area contributed by atoms with Crippen LogP contribution in [0.4, 0.5) is 0 Å². The maximum absolute atomic E-state index is 10.2. The van der Waals surface area contributed by atoms with E-state index in [1.165, 1.54) is 0 Å². The molecule has 0 bridgehead atoms. The van der Waals surface area contributed by atoms with Gasteiger partial charge in [-0.2, -0.15) is 16.8 Å². The summed E-state index contributed by atoms with van der Waals surface area (Å²) >= 11 is 0. The Labute approximate surface area is 128 Å². The second-order valence-electron chi connectivity index (χ2n) is 3.89. The molecule has 134 valence electrons. The zero-order chi connectivity index (χ0) is 18.6.